The summed E-state index contributed by atoms with van der Waals surface area (Å²) in [5, 5.41) is 17.1. The largest absolute Gasteiger partial charge is 0.376 e. The molecule has 3 N–H and O–H groups in total. The van der Waals surface area contributed by atoms with Gasteiger partial charge in [0.05, 0.1) is 24.5 Å². The molecule has 0 bridgehead atoms. The fourth-order valence-electron chi connectivity index (χ4n) is 3.62. The Bertz CT molecular complexity index is 922. The molecule has 0 spiro atoms. The zero-order valence-electron chi connectivity index (χ0n) is 18.0. The number of rotatable bonds is 8. The van der Waals surface area contributed by atoms with Gasteiger partial charge in [0, 0.05) is 33.0 Å². The van der Waals surface area contributed by atoms with E-state index in [1.807, 2.05) is 23.9 Å². The first kappa shape index (κ1) is 23.0. The summed E-state index contributed by atoms with van der Waals surface area (Å²) in [6, 6.07) is 1.89. The lowest BCUT2D eigenvalue weighted by molar-refractivity contribution is -0.119. The van der Waals surface area contributed by atoms with Crippen molar-refractivity contribution in [2.45, 2.75) is 49.6 Å². The molecule has 0 saturated carbocycles. The van der Waals surface area contributed by atoms with Crippen LogP contribution in [-0.2, 0) is 27.9 Å². The average Bonchev–Trinajstić information content (AvgIpc) is 3.58. The number of thiocarbonyl (C=S) groups is 1. The number of nitrogens with one attached hydrogen (secondary N) is 3. The molecule has 2 aliphatic heterocycles. The van der Waals surface area contributed by atoms with Gasteiger partial charge in [0.25, 0.3) is 0 Å². The number of amides is 1. The van der Waals surface area contributed by atoms with Crippen LogP contribution >= 0.6 is 24.0 Å². The first-order chi connectivity index (χ1) is 15.6. The van der Waals surface area contributed by atoms with Crippen LogP contribution in [0.2, 0.25) is 0 Å². The molecule has 2 aromatic rings. The van der Waals surface area contributed by atoms with Crippen LogP contribution in [0.4, 0.5) is 0 Å². The summed E-state index contributed by atoms with van der Waals surface area (Å²) >= 11 is 6.51. The van der Waals surface area contributed by atoms with Crippen molar-refractivity contribution >= 4 is 35.0 Å². The fourth-order valence-corrected chi connectivity index (χ4v) is 4.51. The molecule has 4 rings (SSSR count). The van der Waals surface area contributed by atoms with Gasteiger partial charge in [0.2, 0.25) is 5.91 Å². The van der Waals surface area contributed by atoms with Gasteiger partial charge in [0.15, 0.2) is 16.1 Å². The monoisotopic (exact) mass is 480 g/mol. The van der Waals surface area contributed by atoms with Crippen molar-refractivity contribution in [3.05, 3.63) is 12.3 Å². The van der Waals surface area contributed by atoms with E-state index < -0.39 is 0 Å². The molecule has 4 heterocycles. The van der Waals surface area contributed by atoms with E-state index in [1.54, 1.807) is 4.68 Å². The summed E-state index contributed by atoms with van der Waals surface area (Å²) in [6.07, 6.45) is 6.27. The molecule has 174 valence electrons. The van der Waals surface area contributed by atoms with Crippen molar-refractivity contribution in [3.63, 3.8) is 0 Å². The Balaban J connectivity index is 1.30. The van der Waals surface area contributed by atoms with E-state index in [0.29, 0.717) is 29.2 Å². The molecule has 0 unspecified atom stereocenters. The lowest BCUT2D eigenvalue weighted by atomic mass is 10.2. The molecule has 0 aliphatic carbocycles. The number of carbonyl (C=O) groups is 1. The van der Waals surface area contributed by atoms with Gasteiger partial charge in [-0.05, 0) is 44.0 Å². The predicted molar refractivity (Wildman–Crippen MR) is 123 cm³/mol. The van der Waals surface area contributed by atoms with Crippen LogP contribution in [0.3, 0.4) is 0 Å². The van der Waals surface area contributed by atoms with Crippen molar-refractivity contribution in [1.29, 1.82) is 0 Å². The van der Waals surface area contributed by atoms with Gasteiger partial charge in [0.1, 0.15) is 5.69 Å². The van der Waals surface area contributed by atoms with Gasteiger partial charge in [-0.1, -0.05) is 11.8 Å². The second-order valence-electron chi connectivity index (χ2n) is 7.73. The molecule has 1 amide bonds. The van der Waals surface area contributed by atoms with E-state index in [-0.39, 0.29) is 23.9 Å². The number of nitrogens with zero attached hydrogens (tertiary/aromatic N) is 5. The minimum atomic E-state index is -0.220. The number of aromatic nitrogens is 5. The number of hydrogen-bond acceptors (Lipinski definition) is 8. The van der Waals surface area contributed by atoms with Crippen LogP contribution in [0.25, 0.3) is 11.5 Å². The zero-order chi connectivity index (χ0) is 22.3. The number of hydrogen-bond donors (Lipinski definition) is 3. The third-order valence-corrected chi connectivity index (χ3v) is 6.45. The maximum absolute atomic E-state index is 12.3. The first-order valence-corrected chi connectivity index (χ1v) is 12.1. The zero-order valence-corrected chi connectivity index (χ0v) is 19.6. The second-order valence-corrected chi connectivity index (χ2v) is 9.08. The van der Waals surface area contributed by atoms with Crippen LogP contribution in [0.1, 0.15) is 25.7 Å². The molecule has 13 heteroatoms. The predicted octanol–water partition coefficient (Wildman–Crippen LogP) is 0.624. The summed E-state index contributed by atoms with van der Waals surface area (Å²) in [6.45, 7) is 2.81. The molecule has 32 heavy (non-hydrogen) atoms. The van der Waals surface area contributed by atoms with E-state index in [2.05, 4.69) is 31.5 Å². The third kappa shape index (κ3) is 6.18. The Hall–Kier alpha value is -2.22. The van der Waals surface area contributed by atoms with E-state index in [1.165, 1.54) is 11.8 Å². The summed E-state index contributed by atoms with van der Waals surface area (Å²) in [5.41, 5.74) is 6.07. The van der Waals surface area contributed by atoms with Crippen LogP contribution in [0, 0.1) is 0 Å². The highest BCUT2D eigenvalue weighted by molar-refractivity contribution is 7.99. The van der Waals surface area contributed by atoms with Crippen molar-refractivity contribution < 1.29 is 14.3 Å². The van der Waals surface area contributed by atoms with Gasteiger partial charge in [-0.2, -0.15) is 5.10 Å². The van der Waals surface area contributed by atoms with Gasteiger partial charge in [-0.3, -0.25) is 24.9 Å². The summed E-state index contributed by atoms with van der Waals surface area (Å²) < 4.78 is 15.0. The Labute approximate surface area is 196 Å². The van der Waals surface area contributed by atoms with Gasteiger partial charge < -0.3 is 14.8 Å². The Morgan fingerprint density at radius 3 is 2.69 bits per heavy atom. The Morgan fingerprint density at radius 2 is 2.00 bits per heavy atom. The standard InChI is InChI=1S/C19H28N8O3S2/c1-26-7-6-15(25-26)17-22-24-19(27(17)11-14-5-3-9-30-14)32-12-16(28)21-23-18(31)20-10-13-4-2-8-29-13/h6-7,13-14H,2-5,8-12H2,1H3,(H,21,28)(H2,20,23,31)/t13-,14+/m0/s1. The minimum absolute atomic E-state index is 0.107. The number of ether oxygens (including phenoxy) is 2. The molecule has 0 radical (unpaired) electrons. The second kappa shape index (κ2) is 11.1. The fraction of sp³-hybridized carbons (Fsp3) is 0.632. The quantitative estimate of drug-likeness (QED) is 0.282. The van der Waals surface area contributed by atoms with E-state index in [4.69, 9.17) is 21.7 Å². The van der Waals surface area contributed by atoms with Crippen molar-refractivity contribution in [3.8, 4) is 11.5 Å². The third-order valence-electron chi connectivity index (χ3n) is 5.23. The van der Waals surface area contributed by atoms with Gasteiger partial charge >= 0.3 is 0 Å². The normalized spacial score (nSPS) is 20.4. The molecule has 2 aliphatic rings. The summed E-state index contributed by atoms with van der Waals surface area (Å²) in [7, 11) is 1.86. The molecule has 11 nitrogen and oxygen atoms in total. The minimum Gasteiger partial charge on any atom is -0.376 e. The number of aryl methyl sites for hydroxylation is 1. The molecule has 2 aromatic heterocycles. The highest BCUT2D eigenvalue weighted by atomic mass is 32.2. The summed E-state index contributed by atoms with van der Waals surface area (Å²) in [4.78, 5) is 12.3. The SMILES string of the molecule is Cn1ccc(-c2nnc(SCC(=O)NNC(=S)NC[C@@H]3CCCO3)n2C[C@H]2CCCO2)n1. The van der Waals surface area contributed by atoms with Crippen LogP contribution < -0.4 is 16.2 Å². The Morgan fingerprint density at radius 1 is 1.22 bits per heavy atom. The van der Waals surface area contributed by atoms with Crippen molar-refractivity contribution in [1.82, 2.24) is 40.7 Å². The molecule has 2 atom stereocenters. The van der Waals surface area contributed by atoms with Crippen LogP contribution in [0.15, 0.2) is 17.4 Å². The van der Waals surface area contributed by atoms with Gasteiger partial charge in [-0.25, -0.2) is 0 Å². The molecule has 2 saturated heterocycles. The highest BCUT2D eigenvalue weighted by Crippen LogP contribution is 2.25. The molecule has 0 aromatic carbocycles. The number of carbonyl (C=O) groups excluding carboxylic acids is 1. The maximum atomic E-state index is 12.3. The first-order valence-electron chi connectivity index (χ1n) is 10.7. The molecule has 2 fully saturated rings. The maximum Gasteiger partial charge on any atom is 0.248 e. The number of hydrazine groups is 1. The summed E-state index contributed by atoms with van der Waals surface area (Å²) in [5.74, 6) is 0.608. The lowest BCUT2D eigenvalue weighted by Crippen LogP contribution is -2.48. The van der Waals surface area contributed by atoms with Crippen molar-refractivity contribution in [2.24, 2.45) is 7.05 Å². The van der Waals surface area contributed by atoms with Crippen LogP contribution in [0.5, 0.6) is 0 Å². The topological polar surface area (TPSA) is 120 Å². The van der Waals surface area contributed by atoms with E-state index >= 15 is 0 Å². The average molecular weight is 481 g/mol. The van der Waals surface area contributed by atoms with Crippen LogP contribution in [-0.4, -0.2) is 73.3 Å². The smallest absolute Gasteiger partial charge is 0.248 e. The highest BCUT2D eigenvalue weighted by Gasteiger charge is 2.23. The Kier molecular flexibility index (Phi) is 7.95. The number of thioether (sulfide) groups is 1. The molecular weight excluding hydrogens is 452 g/mol. The van der Waals surface area contributed by atoms with Gasteiger partial charge in [-0.15, -0.1) is 10.2 Å². The van der Waals surface area contributed by atoms with E-state index in [9.17, 15) is 4.79 Å². The van der Waals surface area contributed by atoms with Crippen molar-refractivity contribution in [2.75, 3.05) is 25.5 Å². The van der Waals surface area contributed by atoms with E-state index in [0.717, 1.165) is 44.6 Å². The lowest BCUT2D eigenvalue weighted by Gasteiger charge is -2.15. The molecular formula is C19H28N8O3S2.